The van der Waals surface area contributed by atoms with Crippen molar-refractivity contribution in [3.05, 3.63) is 86.0 Å². The van der Waals surface area contributed by atoms with Crippen molar-refractivity contribution in [3.63, 3.8) is 0 Å². The van der Waals surface area contributed by atoms with Gasteiger partial charge in [-0.05, 0) is 17.7 Å². The van der Waals surface area contributed by atoms with Crippen LogP contribution in [-0.4, -0.2) is 14.3 Å². The van der Waals surface area contributed by atoms with Crippen LogP contribution < -0.4 is 16.4 Å². The predicted molar refractivity (Wildman–Crippen MR) is 94.0 cm³/mol. The Labute approximate surface area is 142 Å². The number of rotatable bonds is 4. The van der Waals surface area contributed by atoms with Crippen LogP contribution in [0, 0.1) is 0 Å². The highest BCUT2D eigenvalue weighted by molar-refractivity contribution is 6.30. The highest BCUT2D eigenvalue weighted by Crippen LogP contribution is 2.14. The molecule has 2 aromatic heterocycles. The van der Waals surface area contributed by atoms with Gasteiger partial charge < -0.3 is 9.88 Å². The molecule has 7 heteroatoms. The van der Waals surface area contributed by atoms with Crippen LogP contribution in [0.15, 0.2) is 64.3 Å². The fourth-order valence-corrected chi connectivity index (χ4v) is 2.54. The van der Waals surface area contributed by atoms with Gasteiger partial charge in [-0.3, -0.25) is 9.59 Å². The zero-order chi connectivity index (χ0) is 17.1. The Bertz CT molecular complexity index is 980. The Morgan fingerprint density at radius 2 is 1.88 bits per heavy atom. The molecular weight excluding hydrogens is 328 g/mol. The van der Waals surface area contributed by atoms with Crippen molar-refractivity contribution in [2.75, 3.05) is 5.32 Å². The molecule has 0 aliphatic rings. The maximum atomic E-state index is 12.1. The third-order valence-corrected chi connectivity index (χ3v) is 3.66. The van der Waals surface area contributed by atoms with E-state index in [0.29, 0.717) is 23.1 Å². The van der Waals surface area contributed by atoms with E-state index in [9.17, 15) is 9.59 Å². The average Bonchev–Trinajstić information content (AvgIpc) is 2.56. The molecule has 0 atom stereocenters. The van der Waals surface area contributed by atoms with Crippen molar-refractivity contribution in [2.45, 2.75) is 6.54 Å². The lowest BCUT2D eigenvalue weighted by Crippen LogP contribution is -2.24. The van der Waals surface area contributed by atoms with Gasteiger partial charge in [0.15, 0.2) is 5.82 Å². The van der Waals surface area contributed by atoms with E-state index in [1.165, 1.54) is 33.6 Å². The van der Waals surface area contributed by atoms with Gasteiger partial charge in [0.2, 0.25) is 0 Å². The van der Waals surface area contributed by atoms with Gasteiger partial charge >= 0.3 is 0 Å². The quantitative estimate of drug-likeness (QED) is 0.790. The minimum atomic E-state index is -0.234. The molecule has 1 N–H and O–H groups in total. The Balaban J connectivity index is 1.92. The largest absolute Gasteiger partial charge is 0.334 e. The molecule has 24 heavy (non-hydrogen) atoms. The SMILES string of the molecule is Cn1cc(Cl)cc(Nc2ccc(=O)n(Cc3ccccc3)n2)c1=O. The molecule has 0 saturated carbocycles. The number of aryl methyl sites for hydroxylation is 1. The fourth-order valence-electron chi connectivity index (χ4n) is 2.28. The first-order valence-corrected chi connectivity index (χ1v) is 7.66. The molecule has 1 aromatic carbocycles. The van der Waals surface area contributed by atoms with Crippen LogP contribution in [0.3, 0.4) is 0 Å². The zero-order valence-corrected chi connectivity index (χ0v) is 13.7. The maximum Gasteiger partial charge on any atom is 0.274 e. The predicted octanol–water partition coefficient (Wildman–Crippen LogP) is 2.39. The topological polar surface area (TPSA) is 68.9 Å². The molecule has 3 rings (SSSR count). The second-order valence-electron chi connectivity index (χ2n) is 5.31. The summed E-state index contributed by atoms with van der Waals surface area (Å²) in [6.45, 7) is 0.350. The molecule has 0 fully saturated rings. The first-order valence-electron chi connectivity index (χ1n) is 7.28. The Morgan fingerprint density at radius 3 is 2.62 bits per heavy atom. The fraction of sp³-hybridized carbons (Fsp3) is 0.118. The van der Waals surface area contributed by atoms with E-state index in [4.69, 9.17) is 11.6 Å². The van der Waals surface area contributed by atoms with Gasteiger partial charge in [0, 0.05) is 19.3 Å². The molecule has 0 radical (unpaired) electrons. The van der Waals surface area contributed by atoms with Gasteiger partial charge in [0.1, 0.15) is 5.69 Å². The standard InChI is InChI=1S/C17H15ClN4O2/c1-21-11-13(18)9-14(17(21)24)19-15-7-8-16(23)22(20-15)10-12-5-3-2-4-6-12/h2-9,11H,10H2,1H3,(H,19,20). The highest BCUT2D eigenvalue weighted by Gasteiger charge is 2.07. The Kier molecular flexibility index (Phi) is 4.48. The smallest absolute Gasteiger partial charge is 0.274 e. The van der Waals surface area contributed by atoms with Crippen LogP contribution in [0.5, 0.6) is 0 Å². The second-order valence-corrected chi connectivity index (χ2v) is 5.75. The van der Waals surface area contributed by atoms with Crippen molar-refractivity contribution >= 4 is 23.1 Å². The Hall–Kier alpha value is -2.86. The van der Waals surface area contributed by atoms with Crippen molar-refractivity contribution in [2.24, 2.45) is 7.05 Å². The van der Waals surface area contributed by atoms with Crippen LogP contribution in [0.4, 0.5) is 11.5 Å². The van der Waals surface area contributed by atoms with E-state index >= 15 is 0 Å². The molecule has 0 aliphatic heterocycles. The molecule has 2 heterocycles. The van der Waals surface area contributed by atoms with Gasteiger partial charge in [-0.25, -0.2) is 4.68 Å². The molecular formula is C17H15ClN4O2. The summed E-state index contributed by atoms with van der Waals surface area (Å²) in [4.78, 5) is 24.1. The van der Waals surface area contributed by atoms with Crippen molar-refractivity contribution < 1.29 is 0 Å². The number of anilines is 2. The monoisotopic (exact) mass is 342 g/mol. The van der Waals surface area contributed by atoms with Crippen molar-refractivity contribution in [3.8, 4) is 0 Å². The van der Waals surface area contributed by atoms with Crippen LogP contribution in [-0.2, 0) is 13.6 Å². The van der Waals surface area contributed by atoms with Gasteiger partial charge in [-0.2, -0.15) is 5.10 Å². The summed E-state index contributed by atoms with van der Waals surface area (Å²) in [6.07, 6.45) is 1.53. The molecule has 0 amide bonds. The molecule has 6 nitrogen and oxygen atoms in total. The van der Waals surface area contributed by atoms with Crippen molar-refractivity contribution in [1.29, 1.82) is 0 Å². The summed E-state index contributed by atoms with van der Waals surface area (Å²) in [5, 5.41) is 7.61. The maximum absolute atomic E-state index is 12.1. The summed E-state index contributed by atoms with van der Waals surface area (Å²) in [6, 6.07) is 14.0. The van der Waals surface area contributed by atoms with E-state index < -0.39 is 0 Å². The molecule has 0 saturated heterocycles. The molecule has 122 valence electrons. The lowest BCUT2D eigenvalue weighted by Gasteiger charge is -2.10. The first kappa shape index (κ1) is 16.0. The lowest BCUT2D eigenvalue weighted by molar-refractivity contribution is 0.643. The van der Waals surface area contributed by atoms with Gasteiger partial charge in [-0.1, -0.05) is 41.9 Å². The van der Waals surface area contributed by atoms with Gasteiger partial charge in [0.05, 0.1) is 11.6 Å². The molecule has 0 spiro atoms. The zero-order valence-electron chi connectivity index (χ0n) is 12.9. The number of hydrogen-bond donors (Lipinski definition) is 1. The van der Waals surface area contributed by atoms with Gasteiger partial charge in [0.25, 0.3) is 11.1 Å². The minimum Gasteiger partial charge on any atom is -0.334 e. The first-order chi connectivity index (χ1) is 11.5. The minimum absolute atomic E-state index is 0.219. The number of aromatic nitrogens is 3. The molecule has 0 bridgehead atoms. The number of nitrogens with zero attached hydrogens (tertiary/aromatic N) is 3. The number of benzene rings is 1. The second kappa shape index (κ2) is 6.72. The molecule has 3 aromatic rings. The number of nitrogens with one attached hydrogen (secondary N) is 1. The summed E-state index contributed by atoms with van der Waals surface area (Å²) in [7, 11) is 1.61. The number of hydrogen-bond acceptors (Lipinski definition) is 4. The third-order valence-electron chi connectivity index (χ3n) is 3.45. The van der Waals surface area contributed by atoms with Crippen molar-refractivity contribution in [1.82, 2.24) is 14.3 Å². The summed E-state index contributed by atoms with van der Waals surface area (Å²) in [5.41, 5.74) is 0.802. The van der Waals surface area contributed by atoms with E-state index in [1.807, 2.05) is 30.3 Å². The van der Waals surface area contributed by atoms with E-state index in [2.05, 4.69) is 10.4 Å². The van der Waals surface area contributed by atoms with E-state index in [0.717, 1.165) is 5.56 Å². The van der Waals surface area contributed by atoms with Crippen LogP contribution >= 0.6 is 11.6 Å². The molecule has 0 aliphatic carbocycles. The van der Waals surface area contributed by atoms with E-state index in [-0.39, 0.29) is 11.1 Å². The lowest BCUT2D eigenvalue weighted by atomic mass is 10.2. The normalized spacial score (nSPS) is 10.6. The van der Waals surface area contributed by atoms with Crippen LogP contribution in [0.1, 0.15) is 5.56 Å². The number of pyridine rings is 1. The third kappa shape index (κ3) is 3.55. The van der Waals surface area contributed by atoms with Gasteiger partial charge in [-0.15, -0.1) is 0 Å². The Morgan fingerprint density at radius 1 is 1.12 bits per heavy atom. The summed E-state index contributed by atoms with van der Waals surface area (Å²) in [5.74, 6) is 0.393. The molecule has 0 unspecified atom stereocenters. The highest BCUT2D eigenvalue weighted by atomic mass is 35.5. The van der Waals surface area contributed by atoms with Crippen LogP contribution in [0.2, 0.25) is 5.02 Å². The van der Waals surface area contributed by atoms with E-state index in [1.54, 1.807) is 7.05 Å². The average molecular weight is 343 g/mol. The summed E-state index contributed by atoms with van der Waals surface area (Å²) >= 11 is 5.98. The summed E-state index contributed by atoms with van der Waals surface area (Å²) < 4.78 is 2.72. The number of halogens is 1. The van der Waals surface area contributed by atoms with Crippen LogP contribution in [0.25, 0.3) is 0 Å².